The van der Waals surface area contributed by atoms with Crippen LogP contribution in [0.3, 0.4) is 0 Å². The van der Waals surface area contributed by atoms with Crippen molar-refractivity contribution in [2.45, 2.75) is 39.5 Å². The molecule has 0 aliphatic carbocycles. The van der Waals surface area contributed by atoms with Gasteiger partial charge < -0.3 is 4.90 Å². The SMILES string of the molecule is CC(C)c1cccc(C(C)C)c1-[n+]1ccc(C2=CCN(c3ccccc3)C=C2)cc1. The van der Waals surface area contributed by atoms with E-state index in [-0.39, 0.29) is 0 Å². The first-order chi connectivity index (χ1) is 14.5. The Labute approximate surface area is 180 Å². The maximum absolute atomic E-state index is 2.30. The number of allylic oxidation sites excluding steroid dienone is 2. The molecule has 0 bridgehead atoms. The molecule has 0 spiro atoms. The Kier molecular flexibility index (Phi) is 5.85. The van der Waals surface area contributed by atoms with Crippen molar-refractivity contribution >= 4 is 11.3 Å². The third-order valence-electron chi connectivity index (χ3n) is 5.79. The quantitative estimate of drug-likeness (QED) is 0.440. The van der Waals surface area contributed by atoms with Crippen molar-refractivity contribution in [2.24, 2.45) is 0 Å². The largest absolute Gasteiger partial charge is 0.344 e. The van der Waals surface area contributed by atoms with Crippen LogP contribution in [-0.4, -0.2) is 6.54 Å². The Hall–Kier alpha value is -3.13. The van der Waals surface area contributed by atoms with Gasteiger partial charge in [-0.3, -0.25) is 0 Å². The second-order valence-electron chi connectivity index (χ2n) is 8.55. The minimum atomic E-state index is 0.485. The number of nitrogens with zero attached hydrogens (tertiary/aromatic N) is 2. The van der Waals surface area contributed by atoms with Crippen molar-refractivity contribution in [2.75, 3.05) is 11.4 Å². The molecule has 1 aromatic heterocycles. The molecule has 4 rings (SSSR count). The summed E-state index contributed by atoms with van der Waals surface area (Å²) in [5.41, 5.74) is 7.88. The highest BCUT2D eigenvalue weighted by Crippen LogP contribution is 2.28. The summed E-state index contributed by atoms with van der Waals surface area (Å²) in [5, 5.41) is 0. The number of para-hydroxylation sites is 2. The van der Waals surface area contributed by atoms with E-state index in [1.807, 2.05) is 0 Å². The van der Waals surface area contributed by atoms with Crippen LogP contribution in [0.15, 0.2) is 91.4 Å². The molecule has 30 heavy (non-hydrogen) atoms. The fourth-order valence-electron chi connectivity index (χ4n) is 4.10. The summed E-state index contributed by atoms with van der Waals surface area (Å²) in [6.07, 6.45) is 11.1. The molecule has 1 aliphatic heterocycles. The second kappa shape index (κ2) is 8.71. The first kappa shape index (κ1) is 20.2. The minimum Gasteiger partial charge on any atom is -0.344 e. The van der Waals surface area contributed by atoms with E-state index in [0.717, 1.165) is 6.54 Å². The van der Waals surface area contributed by atoms with E-state index in [0.29, 0.717) is 11.8 Å². The van der Waals surface area contributed by atoms with Gasteiger partial charge in [-0.25, -0.2) is 0 Å². The van der Waals surface area contributed by atoms with Crippen molar-refractivity contribution in [1.82, 2.24) is 0 Å². The average molecular weight is 396 g/mol. The van der Waals surface area contributed by atoms with E-state index < -0.39 is 0 Å². The molecular weight excluding hydrogens is 364 g/mol. The van der Waals surface area contributed by atoms with Crippen molar-refractivity contribution in [1.29, 1.82) is 0 Å². The van der Waals surface area contributed by atoms with Crippen molar-refractivity contribution < 1.29 is 4.57 Å². The number of pyridine rings is 1. The standard InChI is InChI=1S/C28H31N2/c1-21(2)26-11-8-12-27(22(3)4)28(26)30-19-15-24(16-20-30)23-13-17-29(18-14-23)25-9-6-5-7-10-25/h5-17,19-22H,18H2,1-4H3/q+1. The predicted octanol–water partition coefficient (Wildman–Crippen LogP) is 6.63. The van der Waals surface area contributed by atoms with Gasteiger partial charge in [-0.2, -0.15) is 4.57 Å². The maximum Gasteiger partial charge on any atom is 0.217 e. The average Bonchev–Trinajstić information content (AvgIpc) is 2.79. The van der Waals surface area contributed by atoms with Gasteiger partial charge in [0.25, 0.3) is 0 Å². The summed E-state index contributed by atoms with van der Waals surface area (Å²) in [4.78, 5) is 2.26. The van der Waals surface area contributed by atoms with Crippen LogP contribution in [0.5, 0.6) is 0 Å². The molecule has 0 fully saturated rings. The van der Waals surface area contributed by atoms with Gasteiger partial charge in [0.05, 0.1) is 0 Å². The van der Waals surface area contributed by atoms with E-state index in [9.17, 15) is 0 Å². The highest BCUT2D eigenvalue weighted by molar-refractivity contribution is 5.76. The smallest absolute Gasteiger partial charge is 0.217 e. The van der Waals surface area contributed by atoms with Crippen LogP contribution in [0.4, 0.5) is 5.69 Å². The molecule has 2 heteroatoms. The molecule has 1 aliphatic rings. The zero-order valence-corrected chi connectivity index (χ0v) is 18.4. The number of anilines is 1. The molecule has 0 saturated carbocycles. The molecule has 0 saturated heterocycles. The van der Waals surface area contributed by atoms with E-state index >= 15 is 0 Å². The van der Waals surface area contributed by atoms with Gasteiger partial charge in [-0.1, -0.05) is 70.2 Å². The zero-order chi connectivity index (χ0) is 21.1. The van der Waals surface area contributed by atoms with Gasteiger partial charge in [0.15, 0.2) is 12.4 Å². The van der Waals surface area contributed by atoms with Gasteiger partial charge in [0.1, 0.15) is 0 Å². The maximum atomic E-state index is 2.30. The normalized spacial score (nSPS) is 13.8. The number of hydrogen-bond acceptors (Lipinski definition) is 1. The van der Waals surface area contributed by atoms with Crippen LogP contribution >= 0.6 is 0 Å². The minimum absolute atomic E-state index is 0.485. The fourth-order valence-corrected chi connectivity index (χ4v) is 4.10. The predicted molar refractivity (Wildman–Crippen MR) is 127 cm³/mol. The highest BCUT2D eigenvalue weighted by Gasteiger charge is 2.22. The summed E-state index contributed by atoms with van der Waals surface area (Å²) < 4.78 is 2.29. The molecule has 0 unspecified atom stereocenters. The van der Waals surface area contributed by atoms with Gasteiger partial charge in [0.2, 0.25) is 5.69 Å². The second-order valence-corrected chi connectivity index (χ2v) is 8.55. The fraction of sp³-hybridized carbons (Fsp3) is 0.250. The molecule has 2 heterocycles. The third-order valence-corrected chi connectivity index (χ3v) is 5.79. The monoisotopic (exact) mass is 395 g/mol. The van der Waals surface area contributed by atoms with Crippen LogP contribution in [-0.2, 0) is 0 Å². The molecule has 0 N–H and O–H groups in total. The number of rotatable bonds is 5. The van der Waals surface area contributed by atoms with Gasteiger partial charge in [-0.05, 0) is 41.2 Å². The van der Waals surface area contributed by atoms with Gasteiger partial charge in [-0.15, -0.1) is 0 Å². The van der Waals surface area contributed by atoms with E-state index in [2.05, 4.69) is 129 Å². The molecule has 0 amide bonds. The van der Waals surface area contributed by atoms with Crippen LogP contribution in [0.2, 0.25) is 0 Å². The van der Waals surface area contributed by atoms with Crippen molar-refractivity contribution in [3.8, 4) is 5.69 Å². The van der Waals surface area contributed by atoms with Crippen LogP contribution in [0.25, 0.3) is 11.3 Å². The lowest BCUT2D eigenvalue weighted by atomic mass is 9.92. The topological polar surface area (TPSA) is 7.12 Å². The Morgan fingerprint density at radius 1 is 0.767 bits per heavy atom. The summed E-state index contributed by atoms with van der Waals surface area (Å²) in [7, 11) is 0. The highest BCUT2D eigenvalue weighted by atomic mass is 15.1. The van der Waals surface area contributed by atoms with Gasteiger partial charge >= 0.3 is 0 Å². The Morgan fingerprint density at radius 2 is 1.40 bits per heavy atom. The Morgan fingerprint density at radius 3 is 1.93 bits per heavy atom. The van der Waals surface area contributed by atoms with Gasteiger partial charge in [0, 0.05) is 41.7 Å². The lowest BCUT2D eigenvalue weighted by molar-refractivity contribution is -0.597. The van der Waals surface area contributed by atoms with Crippen molar-refractivity contribution in [3.05, 3.63) is 108 Å². The van der Waals surface area contributed by atoms with Crippen LogP contribution < -0.4 is 9.47 Å². The van der Waals surface area contributed by atoms with E-state index in [1.165, 1.54) is 33.6 Å². The molecule has 0 atom stereocenters. The number of benzene rings is 2. The molecule has 0 radical (unpaired) electrons. The van der Waals surface area contributed by atoms with Crippen LogP contribution in [0.1, 0.15) is 56.2 Å². The molecule has 2 aromatic carbocycles. The number of aromatic nitrogens is 1. The summed E-state index contributed by atoms with van der Waals surface area (Å²) in [5.74, 6) is 0.970. The van der Waals surface area contributed by atoms with E-state index in [1.54, 1.807) is 0 Å². The lowest BCUT2D eigenvalue weighted by Gasteiger charge is -2.22. The molecule has 152 valence electrons. The molecule has 2 nitrogen and oxygen atoms in total. The zero-order valence-electron chi connectivity index (χ0n) is 18.4. The Bertz CT molecular complexity index is 1030. The van der Waals surface area contributed by atoms with Crippen LogP contribution in [0, 0.1) is 0 Å². The Balaban J connectivity index is 1.61. The lowest BCUT2D eigenvalue weighted by Crippen LogP contribution is -2.33. The van der Waals surface area contributed by atoms with Crippen molar-refractivity contribution in [3.63, 3.8) is 0 Å². The molecular formula is C28H31N2+. The first-order valence-corrected chi connectivity index (χ1v) is 10.9. The summed E-state index contributed by atoms with van der Waals surface area (Å²) in [6, 6.07) is 21.7. The molecule has 3 aromatic rings. The number of hydrogen-bond donors (Lipinski definition) is 0. The summed E-state index contributed by atoms with van der Waals surface area (Å²) >= 11 is 0. The first-order valence-electron chi connectivity index (χ1n) is 10.9. The summed E-state index contributed by atoms with van der Waals surface area (Å²) in [6.45, 7) is 9.97. The van der Waals surface area contributed by atoms with E-state index in [4.69, 9.17) is 0 Å². The third kappa shape index (κ3) is 4.09.